The number of ether oxygens (including phenoxy) is 1. The third kappa shape index (κ3) is 4.75. The first-order valence-corrected chi connectivity index (χ1v) is 7.13. The van der Waals surface area contributed by atoms with Gasteiger partial charge in [-0.15, -0.1) is 0 Å². The lowest BCUT2D eigenvalue weighted by Gasteiger charge is -2.10. The number of rotatable bonds is 5. The highest BCUT2D eigenvalue weighted by atomic mass is 79.9. The lowest BCUT2D eigenvalue weighted by molar-refractivity contribution is 0.246. The topological polar surface area (TPSA) is 50.4 Å². The lowest BCUT2D eigenvalue weighted by atomic mass is 10.3. The number of amides is 2. The smallest absolute Gasteiger partial charge is 0.319 e. The Morgan fingerprint density at radius 3 is 2.62 bits per heavy atom. The summed E-state index contributed by atoms with van der Waals surface area (Å²) in [5, 5.41) is 5.32. The molecule has 0 atom stereocenters. The van der Waals surface area contributed by atoms with Crippen LogP contribution < -0.4 is 15.4 Å². The molecule has 0 unspecified atom stereocenters. The minimum absolute atomic E-state index is 0.172. The van der Waals surface area contributed by atoms with Crippen molar-refractivity contribution in [3.05, 3.63) is 58.8 Å². The molecule has 2 amide bonds. The van der Waals surface area contributed by atoms with Crippen LogP contribution in [0.5, 0.6) is 5.75 Å². The summed E-state index contributed by atoms with van der Waals surface area (Å²) < 4.78 is 19.3. The summed E-state index contributed by atoms with van der Waals surface area (Å²) in [4.78, 5) is 11.7. The SMILES string of the molecule is O=C(NCCOc1ccccc1F)Nc1ccccc1Br. The van der Waals surface area contributed by atoms with Gasteiger partial charge in [0, 0.05) is 4.47 Å². The molecule has 0 bridgehead atoms. The number of halogens is 2. The van der Waals surface area contributed by atoms with Crippen LogP contribution in [0.4, 0.5) is 14.9 Å². The van der Waals surface area contributed by atoms with E-state index in [0.29, 0.717) is 5.69 Å². The molecule has 21 heavy (non-hydrogen) atoms. The molecule has 0 saturated heterocycles. The van der Waals surface area contributed by atoms with Crippen molar-refractivity contribution in [1.82, 2.24) is 5.32 Å². The maximum atomic E-state index is 13.3. The van der Waals surface area contributed by atoms with Gasteiger partial charge >= 0.3 is 6.03 Å². The molecular weight excluding hydrogens is 339 g/mol. The predicted octanol–water partition coefficient (Wildman–Crippen LogP) is 3.79. The minimum Gasteiger partial charge on any atom is -0.489 e. The Morgan fingerprint density at radius 2 is 1.86 bits per heavy atom. The van der Waals surface area contributed by atoms with Crippen LogP contribution >= 0.6 is 15.9 Å². The number of hydrogen-bond donors (Lipinski definition) is 2. The van der Waals surface area contributed by atoms with E-state index >= 15 is 0 Å². The number of hydrogen-bond acceptors (Lipinski definition) is 2. The molecule has 2 rings (SSSR count). The van der Waals surface area contributed by atoms with Crippen molar-refractivity contribution in [2.75, 3.05) is 18.5 Å². The highest BCUT2D eigenvalue weighted by molar-refractivity contribution is 9.10. The van der Waals surface area contributed by atoms with Crippen LogP contribution in [0, 0.1) is 5.82 Å². The molecule has 0 heterocycles. The third-order valence-corrected chi connectivity index (χ3v) is 3.30. The Morgan fingerprint density at radius 1 is 1.14 bits per heavy atom. The number of anilines is 1. The van der Waals surface area contributed by atoms with Crippen LogP contribution in [0.15, 0.2) is 53.0 Å². The van der Waals surface area contributed by atoms with Gasteiger partial charge in [-0.05, 0) is 40.2 Å². The highest BCUT2D eigenvalue weighted by Gasteiger charge is 2.05. The predicted molar refractivity (Wildman–Crippen MR) is 83.1 cm³/mol. The van der Waals surface area contributed by atoms with Crippen LogP contribution in [-0.2, 0) is 0 Å². The molecule has 0 spiro atoms. The fourth-order valence-corrected chi connectivity index (χ4v) is 2.00. The first-order chi connectivity index (χ1) is 10.2. The van der Waals surface area contributed by atoms with Crippen molar-refractivity contribution in [3.63, 3.8) is 0 Å². The molecule has 0 fully saturated rings. The Labute approximate surface area is 130 Å². The second kappa shape index (κ2) is 7.64. The molecule has 0 aliphatic heterocycles. The average Bonchev–Trinajstić information content (AvgIpc) is 2.48. The van der Waals surface area contributed by atoms with Gasteiger partial charge in [-0.2, -0.15) is 0 Å². The van der Waals surface area contributed by atoms with Crippen LogP contribution in [0.1, 0.15) is 0 Å². The number of para-hydroxylation sites is 2. The summed E-state index contributed by atoms with van der Waals surface area (Å²) in [5.41, 5.74) is 0.671. The molecule has 4 nitrogen and oxygen atoms in total. The molecule has 2 N–H and O–H groups in total. The quantitative estimate of drug-likeness (QED) is 0.804. The fraction of sp³-hybridized carbons (Fsp3) is 0.133. The van der Waals surface area contributed by atoms with E-state index in [4.69, 9.17) is 4.74 Å². The fourth-order valence-electron chi connectivity index (χ4n) is 1.62. The van der Waals surface area contributed by atoms with E-state index in [1.54, 1.807) is 18.2 Å². The maximum Gasteiger partial charge on any atom is 0.319 e. The van der Waals surface area contributed by atoms with Gasteiger partial charge in [0.2, 0.25) is 0 Å². The summed E-state index contributed by atoms with van der Waals surface area (Å²) in [5.74, 6) is -0.249. The van der Waals surface area contributed by atoms with Crippen molar-refractivity contribution in [1.29, 1.82) is 0 Å². The van der Waals surface area contributed by atoms with Gasteiger partial charge < -0.3 is 15.4 Å². The number of carbonyl (C=O) groups excluding carboxylic acids is 1. The summed E-state index contributed by atoms with van der Waals surface area (Å²) in [6.07, 6.45) is 0. The molecule has 0 aromatic heterocycles. The Bertz CT molecular complexity index is 622. The zero-order chi connectivity index (χ0) is 15.1. The van der Waals surface area contributed by atoms with Crippen LogP contribution in [0.2, 0.25) is 0 Å². The van der Waals surface area contributed by atoms with Crippen LogP contribution in [-0.4, -0.2) is 19.2 Å². The highest BCUT2D eigenvalue weighted by Crippen LogP contribution is 2.20. The molecule has 0 aliphatic rings. The van der Waals surface area contributed by atoms with Gasteiger partial charge in [0.1, 0.15) is 6.61 Å². The Hall–Kier alpha value is -2.08. The first-order valence-electron chi connectivity index (χ1n) is 6.33. The normalized spacial score (nSPS) is 10.0. The van der Waals surface area contributed by atoms with E-state index in [1.165, 1.54) is 12.1 Å². The maximum absolute atomic E-state index is 13.3. The summed E-state index contributed by atoms with van der Waals surface area (Å²) in [7, 11) is 0. The van der Waals surface area contributed by atoms with Crippen LogP contribution in [0.3, 0.4) is 0 Å². The van der Waals surface area contributed by atoms with Crippen molar-refractivity contribution >= 4 is 27.6 Å². The summed E-state index contributed by atoms with van der Waals surface area (Å²) >= 11 is 3.34. The minimum atomic E-state index is -0.421. The monoisotopic (exact) mass is 352 g/mol. The van der Waals surface area contributed by atoms with E-state index in [1.807, 2.05) is 18.2 Å². The second-order valence-corrected chi connectivity index (χ2v) is 4.99. The van der Waals surface area contributed by atoms with E-state index < -0.39 is 5.82 Å². The molecule has 0 aliphatic carbocycles. The zero-order valence-electron chi connectivity index (χ0n) is 11.1. The van der Waals surface area contributed by atoms with E-state index in [2.05, 4.69) is 26.6 Å². The largest absolute Gasteiger partial charge is 0.489 e. The zero-order valence-corrected chi connectivity index (χ0v) is 12.7. The van der Waals surface area contributed by atoms with Gasteiger partial charge in [-0.1, -0.05) is 24.3 Å². The number of nitrogens with one attached hydrogen (secondary N) is 2. The average molecular weight is 353 g/mol. The molecule has 0 radical (unpaired) electrons. The van der Waals surface area contributed by atoms with Crippen molar-refractivity contribution in [2.45, 2.75) is 0 Å². The molecule has 2 aromatic rings. The van der Waals surface area contributed by atoms with Crippen molar-refractivity contribution in [3.8, 4) is 5.75 Å². The molecule has 110 valence electrons. The van der Waals surface area contributed by atoms with Crippen LogP contribution in [0.25, 0.3) is 0 Å². The summed E-state index contributed by atoms with van der Waals surface area (Å²) in [6, 6.07) is 13.1. The third-order valence-electron chi connectivity index (χ3n) is 2.60. The van der Waals surface area contributed by atoms with Crippen molar-refractivity contribution in [2.24, 2.45) is 0 Å². The number of urea groups is 1. The lowest BCUT2D eigenvalue weighted by Crippen LogP contribution is -2.32. The molecule has 2 aromatic carbocycles. The van der Waals surface area contributed by atoms with E-state index in [-0.39, 0.29) is 24.9 Å². The Balaban J connectivity index is 1.73. The number of carbonyl (C=O) groups is 1. The van der Waals surface area contributed by atoms with E-state index in [0.717, 1.165) is 4.47 Å². The van der Waals surface area contributed by atoms with Gasteiger partial charge in [0.05, 0.1) is 12.2 Å². The number of benzene rings is 2. The van der Waals surface area contributed by atoms with Crippen molar-refractivity contribution < 1.29 is 13.9 Å². The molecule has 6 heteroatoms. The van der Waals surface area contributed by atoms with Gasteiger partial charge in [-0.3, -0.25) is 0 Å². The standard InChI is InChI=1S/C15H14BrFN2O2/c16-11-5-1-3-7-13(11)19-15(20)18-9-10-21-14-8-4-2-6-12(14)17/h1-8H,9-10H2,(H2,18,19,20). The van der Waals surface area contributed by atoms with Gasteiger partial charge in [-0.25, -0.2) is 9.18 Å². The second-order valence-electron chi connectivity index (χ2n) is 4.14. The molecule has 0 saturated carbocycles. The molecular formula is C15H14BrFN2O2. The first kappa shape index (κ1) is 15.3. The van der Waals surface area contributed by atoms with Gasteiger partial charge in [0.15, 0.2) is 11.6 Å². The van der Waals surface area contributed by atoms with E-state index in [9.17, 15) is 9.18 Å². The Kier molecular flexibility index (Phi) is 5.57. The van der Waals surface area contributed by atoms with Gasteiger partial charge in [0.25, 0.3) is 0 Å². The summed E-state index contributed by atoms with van der Waals surface area (Å²) in [6.45, 7) is 0.453.